The number of hydrogen-bond acceptors (Lipinski definition) is 5. The molecule has 3 atom stereocenters. The smallest absolute Gasteiger partial charge is 0.325 e. The average molecular weight is 325 g/mol. The Morgan fingerprint density at radius 3 is 2.46 bits per heavy atom. The first kappa shape index (κ1) is 15.2. The van der Waals surface area contributed by atoms with Gasteiger partial charge in [-0.25, -0.2) is 0 Å². The van der Waals surface area contributed by atoms with Gasteiger partial charge in [-0.2, -0.15) is 5.06 Å². The molecule has 2 aromatic rings. The molecule has 0 radical (unpaired) electrons. The summed E-state index contributed by atoms with van der Waals surface area (Å²) in [7, 11) is 1.64. The van der Waals surface area contributed by atoms with Gasteiger partial charge < -0.3 is 9.47 Å². The predicted molar refractivity (Wildman–Crippen MR) is 87.2 cm³/mol. The van der Waals surface area contributed by atoms with Gasteiger partial charge in [0, 0.05) is 6.42 Å². The lowest BCUT2D eigenvalue weighted by Gasteiger charge is -2.34. The minimum absolute atomic E-state index is 0.0721. The fourth-order valence-corrected chi connectivity index (χ4v) is 3.33. The maximum absolute atomic E-state index is 12.2. The molecule has 24 heavy (non-hydrogen) atoms. The summed E-state index contributed by atoms with van der Waals surface area (Å²) in [5.41, 5.74) is 2.12. The van der Waals surface area contributed by atoms with E-state index in [4.69, 9.17) is 14.3 Å². The molecule has 5 heteroatoms. The van der Waals surface area contributed by atoms with Crippen LogP contribution >= 0.6 is 0 Å². The summed E-state index contributed by atoms with van der Waals surface area (Å²) >= 11 is 0. The Bertz CT molecular complexity index is 716. The number of methoxy groups -OCH3 is 1. The number of morpholine rings is 1. The van der Waals surface area contributed by atoms with Gasteiger partial charge in [-0.05, 0) is 23.3 Å². The third kappa shape index (κ3) is 2.66. The summed E-state index contributed by atoms with van der Waals surface area (Å²) < 4.78 is 10.6. The van der Waals surface area contributed by atoms with Crippen molar-refractivity contribution in [1.82, 2.24) is 5.06 Å². The molecular weight excluding hydrogens is 306 g/mol. The number of hydrogen-bond donors (Lipinski definition) is 0. The minimum Gasteiger partial charge on any atom is -0.497 e. The van der Waals surface area contributed by atoms with E-state index in [0.717, 1.165) is 16.9 Å². The van der Waals surface area contributed by atoms with E-state index in [1.165, 1.54) is 0 Å². The van der Waals surface area contributed by atoms with Gasteiger partial charge in [0.05, 0.1) is 13.2 Å². The fraction of sp³-hybridized carbons (Fsp3) is 0.316. The van der Waals surface area contributed by atoms with Crippen molar-refractivity contribution in [2.45, 2.75) is 24.6 Å². The Hall–Kier alpha value is -2.37. The van der Waals surface area contributed by atoms with Gasteiger partial charge in [0.1, 0.15) is 24.5 Å². The van der Waals surface area contributed by atoms with Gasteiger partial charge in [0.2, 0.25) is 0 Å². The normalized spacial score (nSPS) is 26.7. The van der Waals surface area contributed by atoms with Crippen LogP contribution in [0.15, 0.2) is 54.6 Å². The van der Waals surface area contributed by atoms with Crippen molar-refractivity contribution in [2.75, 3.05) is 13.7 Å². The second kappa shape index (κ2) is 6.26. The predicted octanol–water partition coefficient (Wildman–Crippen LogP) is 3.04. The lowest BCUT2D eigenvalue weighted by atomic mass is 10.00. The summed E-state index contributed by atoms with van der Waals surface area (Å²) in [6.07, 6.45) is 0.437. The standard InChI is InChI=1S/C19H19NO4/c1-22-15-9-7-14(8-10-15)18-11-16-19(21)23-12-17(20(16)24-18)13-5-3-2-4-6-13/h2-10,16-18H,11-12H2,1H3/t16-,17+,18-/m0/s1. The van der Waals surface area contributed by atoms with Crippen LogP contribution in [0.5, 0.6) is 5.75 Å². The van der Waals surface area contributed by atoms with E-state index in [2.05, 4.69) is 0 Å². The summed E-state index contributed by atoms with van der Waals surface area (Å²) in [6.45, 7) is 0.314. The topological polar surface area (TPSA) is 48.0 Å². The van der Waals surface area contributed by atoms with Gasteiger partial charge in [-0.1, -0.05) is 42.5 Å². The van der Waals surface area contributed by atoms with Crippen LogP contribution in [-0.4, -0.2) is 30.8 Å². The first-order valence-electron chi connectivity index (χ1n) is 8.07. The zero-order valence-electron chi connectivity index (χ0n) is 13.4. The minimum atomic E-state index is -0.365. The number of hydroxylamine groups is 2. The summed E-state index contributed by atoms with van der Waals surface area (Å²) in [5, 5.41) is 1.82. The molecule has 0 amide bonds. The van der Waals surface area contributed by atoms with Gasteiger partial charge in [0.25, 0.3) is 0 Å². The van der Waals surface area contributed by atoms with E-state index in [9.17, 15) is 4.79 Å². The van der Waals surface area contributed by atoms with Crippen LogP contribution in [-0.2, 0) is 14.4 Å². The highest BCUT2D eigenvalue weighted by molar-refractivity contribution is 5.77. The second-order valence-corrected chi connectivity index (χ2v) is 6.04. The molecule has 2 aromatic carbocycles. The first-order valence-corrected chi connectivity index (χ1v) is 8.07. The van der Waals surface area contributed by atoms with Crippen LogP contribution in [0.1, 0.15) is 29.7 Å². The van der Waals surface area contributed by atoms with E-state index in [1.54, 1.807) is 7.11 Å². The second-order valence-electron chi connectivity index (χ2n) is 6.04. The third-order valence-corrected chi connectivity index (χ3v) is 4.63. The van der Waals surface area contributed by atoms with Gasteiger partial charge >= 0.3 is 5.97 Å². The van der Waals surface area contributed by atoms with Crippen LogP contribution in [0.2, 0.25) is 0 Å². The number of fused-ring (bicyclic) bond motifs is 1. The number of rotatable bonds is 3. The zero-order valence-corrected chi connectivity index (χ0v) is 13.4. The number of benzene rings is 2. The molecule has 0 bridgehead atoms. The van der Waals surface area contributed by atoms with Crippen molar-refractivity contribution in [3.05, 3.63) is 65.7 Å². The van der Waals surface area contributed by atoms with Gasteiger partial charge in [0.15, 0.2) is 0 Å². The SMILES string of the molecule is COc1ccc([C@@H]2C[C@H]3C(=O)OC[C@H](c4ccccc4)N3O2)cc1. The van der Waals surface area contributed by atoms with Crippen molar-refractivity contribution in [1.29, 1.82) is 0 Å². The van der Waals surface area contributed by atoms with E-state index in [0.29, 0.717) is 13.0 Å². The van der Waals surface area contributed by atoms with Gasteiger partial charge in [-0.15, -0.1) is 0 Å². The zero-order chi connectivity index (χ0) is 16.5. The third-order valence-electron chi connectivity index (χ3n) is 4.63. The highest BCUT2D eigenvalue weighted by atomic mass is 16.7. The molecule has 0 N–H and O–H groups in total. The fourth-order valence-electron chi connectivity index (χ4n) is 3.33. The number of nitrogens with zero attached hydrogens (tertiary/aromatic N) is 1. The largest absolute Gasteiger partial charge is 0.497 e. The van der Waals surface area contributed by atoms with E-state index in [1.807, 2.05) is 59.7 Å². The van der Waals surface area contributed by atoms with Crippen molar-refractivity contribution in [3.63, 3.8) is 0 Å². The molecule has 124 valence electrons. The lowest BCUT2D eigenvalue weighted by Crippen LogP contribution is -2.46. The molecule has 4 rings (SSSR count). The molecule has 2 aliphatic heterocycles. The van der Waals surface area contributed by atoms with Crippen LogP contribution in [0.25, 0.3) is 0 Å². The molecule has 0 unspecified atom stereocenters. The number of cyclic esters (lactones) is 1. The van der Waals surface area contributed by atoms with E-state index >= 15 is 0 Å². The number of ether oxygens (including phenoxy) is 2. The van der Waals surface area contributed by atoms with Crippen molar-refractivity contribution < 1.29 is 19.1 Å². The summed E-state index contributed by atoms with van der Waals surface area (Å²) in [4.78, 5) is 18.3. The van der Waals surface area contributed by atoms with Crippen molar-refractivity contribution in [3.8, 4) is 5.75 Å². The maximum Gasteiger partial charge on any atom is 0.325 e. The summed E-state index contributed by atoms with van der Waals surface area (Å²) in [6, 6.07) is 17.3. The quantitative estimate of drug-likeness (QED) is 0.812. The van der Waals surface area contributed by atoms with Crippen LogP contribution in [0.4, 0.5) is 0 Å². The van der Waals surface area contributed by atoms with E-state index < -0.39 is 0 Å². The molecule has 0 aliphatic carbocycles. The first-order chi connectivity index (χ1) is 11.8. The summed E-state index contributed by atoms with van der Waals surface area (Å²) in [5.74, 6) is 0.592. The molecule has 2 fully saturated rings. The number of esters is 1. The van der Waals surface area contributed by atoms with Crippen LogP contribution in [0, 0.1) is 0 Å². The Morgan fingerprint density at radius 2 is 1.75 bits per heavy atom. The van der Waals surface area contributed by atoms with Crippen molar-refractivity contribution in [2.24, 2.45) is 0 Å². The number of carbonyl (C=O) groups is 1. The molecule has 2 heterocycles. The Kier molecular flexibility index (Phi) is 3.96. The van der Waals surface area contributed by atoms with Gasteiger partial charge in [-0.3, -0.25) is 9.63 Å². The molecule has 5 nitrogen and oxygen atoms in total. The molecular formula is C19H19NO4. The molecule has 0 saturated carbocycles. The number of carbonyl (C=O) groups excluding carboxylic acids is 1. The van der Waals surface area contributed by atoms with Crippen LogP contribution in [0.3, 0.4) is 0 Å². The maximum atomic E-state index is 12.2. The van der Waals surface area contributed by atoms with Crippen LogP contribution < -0.4 is 4.74 Å². The van der Waals surface area contributed by atoms with Crippen molar-refractivity contribution >= 4 is 5.97 Å². The Morgan fingerprint density at radius 1 is 1.00 bits per heavy atom. The highest BCUT2D eigenvalue weighted by Gasteiger charge is 2.47. The Labute approximate surface area is 140 Å². The lowest BCUT2D eigenvalue weighted by molar-refractivity contribution is -0.228. The highest BCUT2D eigenvalue weighted by Crippen LogP contribution is 2.41. The average Bonchev–Trinajstić information content (AvgIpc) is 3.09. The Balaban J connectivity index is 1.59. The molecule has 2 saturated heterocycles. The molecule has 0 aromatic heterocycles. The monoisotopic (exact) mass is 325 g/mol. The van der Waals surface area contributed by atoms with E-state index in [-0.39, 0.29) is 24.2 Å². The molecule has 0 spiro atoms. The molecule has 2 aliphatic rings.